The zero-order valence-electron chi connectivity index (χ0n) is 23.9. The third-order valence-electron chi connectivity index (χ3n) is 14.5. The first-order chi connectivity index (χ1) is 15.4. The molecule has 0 heterocycles. The molecule has 0 amide bonds. The van der Waals surface area contributed by atoms with Gasteiger partial charge in [-0.05, 0) is 127 Å². The van der Waals surface area contributed by atoms with Crippen LogP contribution in [0.1, 0.15) is 145 Å². The molecule has 5 rings (SSSR count). The van der Waals surface area contributed by atoms with E-state index < -0.39 is 0 Å². The fourth-order valence-electron chi connectivity index (χ4n) is 12.8. The Morgan fingerprint density at radius 1 is 0.667 bits per heavy atom. The van der Waals surface area contributed by atoms with Gasteiger partial charge < -0.3 is 0 Å². The average Bonchev–Trinajstić information content (AvgIpc) is 3.09. The molecule has 5 saturated carbocycles. The van der Waals surface area contributed by atoms with E-state index in [9.17, 15) is 0 Å². The smallest absolute Gasteiger partial charge is 0.0235 e. The molecule has 0 radical (unpaired) electrons. The molecular formula is C33H58. The lowest BCUT2D eigenvalue weighted by atomic mass is 9.32. The third-order valence-corrected chi connectivity index (χ3v) is 14.5. The summed E-state index contributed by atoms with van der Waals surface area (Å²) in [6.45, 7) is 21.5. The minimum atomic E-state index is 0.559. The predicted octanol–water partition coefficient (Wildman–Crippen LogP) is 10.3. The highest BCUT2D eigenvalue weighted by atomic mass is 14.7. The predicted molar refractivity (Wildman–Crippen MR) is 143 cm³/mol. The van der Waals surface area contributed by atoms with Crippen LogP contribution >= 0.6 is 0 Å². The summed E-state index contributed by atoms with van der Waals surface area (Å²) in [7, 11) is 0. The molecule has 5 fully saturated rings. The lowest BCUT2D eigenvalue weighted by Crippen LogP contribution is -2.65. The highest BCUT2D eigenvalue weighted by Gasteiger charge is 2.70. The Labute approximate surface area is 207 Å². The second-order valence-corrected chi connectivity index (χ2v) is 15.9. The quantitative estimate of drug-likeness (QED) is 0.396. The lowest BCUT2D eigenvalue weighted by Gasteiger charge is -2.73. The van der Waals surface area contributed by atoms with E-state index in [4.69, 9.17) is 0 Å². The van der Waals surface area contributed by atoms with Crippen molar-refractivity contribution in [2.24, 2.45) is 62.6 Å². The van der Waals surface area contributed by atoms with Crippen molar-refractivity contribution >= 4 is 0 Å². The first kappa shape index (κ1) is 24.7. The van der Waals surface area contributed by atoms with Gasteiger partial charge in [0, 0.05) is 0 Å². The van der Waals surface area contributed by atoms with Crippen molar-refractivity contribution < 1.29 is 0 Å². The van der Waals surface area contributed by atoms with E-state index in [2.05, 4.69) is 55.4 Å². The van der Waals surface area contributed by atoms with Gasteiger partial charge in [-0.25, -0.2) is 0 Å². The first-order valence-electron chi connectivity index (χ1n) is 15.4. The summed E-state index contributed by atoms with van der Waals surface area (Å²) in [6.07, 6.45) is 21.0. The van der Waals surface area contributed by atoms with Crippen LogP contribution in [0.15, 0.2) is 0 Å². The van der Waals surface area contributed by atoms with E-state index in [1.165, 1.54) is 77.0 Å². The Balaban J connectivity index is 1.45. The van der Waals surface area contributed by atoms with Crippen LogP contribution in [-0.4, -0.2) is 0 Å². The molecule has 5 aliphatic rings. The Kier molecular flexibility index (Phi) is 5.98. The van der Waals surface area contributed by atoms with E-state index in [-0.39, 0.29) is 0 Å². The van der Waals surface area contributed by atoms with Gasteiger partial charge in [0.15, 0.2) is 0 Å². The highest BCUT2D eigenvalue weighted by Crippen LogP contribution is 2.78. The van der Waals surface area contributed by atoms with E-state index in [0.717, 1.165) is 35.5 Å². The van der Waals surface area contributed by atoms with Gasteiger partial charge in [-0.15, -0.1) is 0 Å². The van der Waals surface area contributed by atoms with Crippen molar-refractivity contribution in [2.45, 2.75) is 145 Å². The molecule has 33 heavy (non-hydrogen) atoms. The Bertz CT molecular complexity index is 734. The summed E-state index contributed by atoms with van der Waals surface area (Å²) in [6, 6.07) is 0. The Morgan fingerprint density at radius 2 is 1.30 bits per heavy atom. The van der Waals surface area contributed by atoms with Gasteiger partial charge >= 0.3 is 0 Å². The van der Waals surface area contributed by atoms with Crippen LogP contribution in [0.4, 0.5) is 0 Å². The molecule has 0 saturated heterocycles. The largest absolute Gasteiger partial charge is 0.0654 e. The monoisotopic (exact) mass is 454 g/mol. The number of unbranched alkanes of at least 4 members (excludes halogenated alkanes) is 1. The summed E-state index contributed by atoms with van der Waals surface area (Å²) in [5.41, 5.74) is 2.90. The Morgan fingerprint density at radius 3 is 1.97 bits per heavy atom. The molecule has 0 spiro atoms. The molecule has 5 aliphatic carbocycles. The second-order valence-electron chi connectivity index (χ2n) is 15.9. The van der Waals surface area contributed by atoms with Gasteiger partial charge in [-0.1, -0.05) is 81.1 Å². The molecule has 0 aliphatic heterocycles. The standard InChI is InChI=1S/C33H58/c1-9-10-12-23(2)24-15-20-30(5)25(24)16-21-32(7)27(30)13-14-28-31(6)19-11-18-29(3,4)26(31)17-22-33(28,32)8/h23-28H,9-22H2,1-8H3/t23-,24+,25+,26-,27+,28+,30-,31-,32+,33+/m0/s1. The maximum absolute atomic E-state index is 2.83. The molecule has 0 aromatic heterocycles. The molecule has 0 aromatic carbocycles. The zero-order valence-corrected chi connectivity index (χ0v) is 23.9. The van der Waals surface area contributed by atoms with Crippen LogP contribution in [0.25, 0.3) is 0 Å². The van der Waals surface area contributed by atoms with Gasteiger partial charge in [-0.2, -0.15) is 0 Å². The maximum atomic E-state index is 2.83. The van der Waals surface area contributed by atoms with Gasteiger partial charge in [0.05, 0.1) is 0 Å². The molecular weight excluding hydrogens is 396 g/mol. The molecule has 0 heteroatoms. The van der Waals surface area contributed by atoms with Gasteiger partial charge in [0.2, 0.25) is 0 Å². The van der Waals surface area contributed by atoms with Gasteiger partial charge in [0.25, 0.3) is 0 Å². The molecule has 0 unspecified atom stereocenters. The third kappa shape index (κ3) is 3.26. The van der Waals surface area contributed by atoms with Crippen molar-refractivity contribution in [2.75, 3.05) is 0 Å². The summed E-state index contributed by atoms with van der Waals surface area (Å²) in [5, 5.41) is 0. The SMILES string of the molecule is CCCC[C@H](C)[C@H]1CC[C@@]2(C)[C@@H]1CC[C@]1(C)[C@@H]2CC[C@@H]2[C@@]3(C)CCCC(C)(C)[C@@H]3CC[C@]21C. The summed E-state index contributed by atoms with van der Waals surface area (Å²) >= 11 is 0. The minimum Gasteiger partial charge on any atom is -0.0654 e. The fourth-order valence-corrected chi connectivity index (χ4v) is 12.8. The van der Waals surface area contributed by atoms with Crippen molar-refractivity contribution in [1.29, 1.82) is 0 Å². The van der Waals surface area contributed by atoms with E-state index in [1.54, 1.807) is 12.8 Å². The van der Waals surface area contributed by atoms with Crippen molar-refractivity contribution in [3.63, 3.8) is 0 Å². The number of rotatable bonds is 4. The van der Waals surface area contributed by atoms with Gasteiger partial charge in [-0.3, -0.25) is 0 Å². The fraction of sp³-hybridized carbons (Fsp3) is 1.00. The topological polar surface area (TPSA) is 0 Å². The van der Waals surface area contributed by atoms with Crippen molar-refractivity contribution in [3.8, 4) is 0 Å². The van der Waals surface area contributed by atoms with Gasteiger partial charge in [0.1, 0.15) is 0 Å². The molecule has 0 bridgehead atoms. The maximum Gasteiger partial charge on any atom is -0.0235 e. The van der Waals surface area contributed by atoms with Crippen LogP contribution in [0.5, 0.6) is 0 Å². The first-order valence-corrected chi connectivity index (χ1v) is 15.4. The molecule has 10 atom stereocenters. The summed E-state index contributed by atoms with van der Waals surface area (Å²) < 4.78 is 0. The van der Waals surface area contributed by atoms with Crippen LogP contribution in [0.2, 0.25) is 0 Å². The number of hydrogen-bond donors (Lipinski definition) is 0. The lowest BCUT2D eigenvalue weighted by molar-refractivity contribution is -0.241. The molecule has 190 valence electrons. The van der Waals surface area contributed by atoms with Crippen LogP contribution < -0.4 is 0 Å². The second kappa shape index (κ2) is 8.00. The van der Waals surface area contributed by atoms with Crippen molar-refractivity contribution in [3.05, 3.63) is 0 Å². The molecule has 0 N–H and O–H groups in total. The molecule has 0 nitrogen and oxygen atoms in total. The summed E-state index contributed by atoms with van der Waals surface area (Å²) in [4.78, 5) is 0. The van der Waals surface area contributed by atoms with E-state index in [0.29, 0.717) is 27.1 Å². The summed E-state index contributed by atoms with van der Waals surface area (Å²) in [5.74, 6) is 5.88. The zero-order chi connectivity index (χ0) is 23.9. The van der Waals surface area contributed by atoms with Crippen LogP contribution in [0, 0.1) is 62.6 Å². The Hall–Kier alpha value is 0. The highest BCUT2D eigenvalue weighted by molar-refractivity contribution is 5.19. The number of fused-ring (bicyclic) bond motifs is 7. The van der Waals surface area contributed by atoms with Crippen molar-refractivity contribution in [1.82, 2.24) is 0 Å². The average molecular weight is 455 g/mol. The van der Waals surface area contributed by atoms with E-state index in [1.807, 2.05) is 0 Å². The minimum absolute atomic E-state index is 0.559. The normalized spacial score (nSPS) is 54.0. The van der Waals surface area contributed by atoms with Crippen LogP contribution in [0.3, 0.4) is 0 Å². The van der Waals surface area contributed by atoms with E-state index >= 15 is 0 Å². The molecule has 0 aromatic rings. The number of hydrogen-bond acceptors (Lipinski definition) is 0. The van der Waals surface area contributed by atoms with Crippen LogP contribution in [-0.2, 0) is 0 Å².